The first-order valence-electron chi connectivity index (χ1n) is 11.3. The molecule has 180 valence electrons. The van der Waals surface area contributed by atoms with E-state index in [0.717, 1.165) is 43.8 Å². The summed E-state index contributed by atoms with van der Waals surface area (Å²) >= 11 is 0. The zero-order valence-corrected chi connectivity index (χ0v) is 22.1. The number of nitrogens with zero attached hydrogens (tertiary/aromatic N) is 3. The van der Waals surface area contributed by atoms with Crippen molar-refractivity contribution >= 4 is 41.5 Å². The van der Waals surface area contributed by atoms with Crippen molar-refractivity contribution in [3.8, 4) is 5.75 Å². The smallest absolute Gasteiger partial charge is 0.243 e. The first-order valence-corrected chi connectivity index (χ1v) is 11.3. The minimum Gasteiger partial charge on any atom is -0.493 e. The molecule has 0 spiro atoms. The summed E-state index contributed by atoms with van der Waals surface area (Å²) in [5, 5.41) is 6.94. The molecule has 0 radical (unpaired) electrons. The molecule has 1 amide bonds. The van der Waals surface area contributed by atoms with Crippen LogP contribution in [-0.4, -0.2) is 63.6 Å². The standard InChI is InChI=1S/C25H35N5O2.HI/c1-4-30(20-11-6-5-7-12-20)17-10-16-26-25(27-19-24(31)29(2)3)28-22-15-18-32-23-14-9-8-13-21(22)23;/h5-9,11-14,22H,4,10,15-19H2,1-3H3,(H2,26,27,28);1H. The van der Waals surface area contributed by atoms with Crippen LogP contribution in [0.4, 0.5) is 5.69 Å². The average molecular weight is 566 g/mol. The molecule has 1 aliphatic heterocycles. The Morgan fingerprint density at radius 3 is 2.58 bits per heavy atom. The summed E-state index contributed by atoms with van der Waals surface area (Å²) in [4.78, 5) is 20.6. The number of guanidine groups is 1. The molecule has 7 nitrogen and oxygen atoms in total. The normalized spacial score (nSPS) is 14.9. The predicted octanol–water partition coefficient (Wildman–Crippen LogP) is 3.67. The van der Waals surface area contributed by atoms with Crippen LogP contribution in [0.25, 0.3) is 0 Å². The molecular formula is C25H36IN5O2. The fourth-order valence-corrected chi connectivity index (χ4v) is 3.68. The van der Waals surface area contributed by atoms with Gasteiger partial charge in [0.1, 0.15) is 12.3 Å². The van der Waals surface area contributed by atoms with Crippen molar-refractivity contribution in [2.45, 2.75) is 25.8 Å². The van der Waals surface area contributed by atoms with Crippen molar-refractivity contribution in [3.05, 3.63) is 60.2 Å². The summed E-state index contributed by atoms with van der Waals surface area (Å²) in [6.45, 7) is 5.59. The van der Waals surface area contributed by atoms with Crippen molar-refractivity contribution in [1.82, 2.24) is 15.5 Å². The van der Waals surface area contributed by atoms with Gasteiger partial charge in [-0.05, 0) is 31.5 Å². The van der Waals surface area contributed by atoms with E-state index in [0.29, 0.717) is 12.6 Å². The number of anilines is 1. The van der Waals surface area contributed by atoms with Gasteiger partial charge in [0.2, 0.25) is 5.91 Å². The third-order valence-electron chi connectivity index (χ3n) is 5.54. The van der Waals surface area contributed by atoms with Gasteiger partial charge in [-0.3, -0.25) is 4.79 Å². The molecule has 3 rings (SSSR count). The van der Waals surface area contributed by atoms with Gasteiger partial charge in [0.15, 0.2) is 5.96 Å². The molecule has 33 heavy (non-hydrogen) atoms. The number of nitrogens with one attached hydrogen (secondary N) is 2. The number of carbonyl (C=O) groups excluding carboxylic acids is 1. The first-order chi connectivity index (χ1) is 15.6. The summed E-state index contributed by atoms with van der Waals surface area (Å²) in [6, 6.07) is 18.6. The molecule has 0 saturated heterocycles. The van der Waals surface area contributed by atoms with Crippen molar-refractivity contribution < 1.29 is 9.53 Å². The molecule has 0 bridgehead atoms. The largest absolute Gasteiger partial charge is 0.493 e. The molecule has 2 aromatic carbocycles. The van der Waals surface area contributed by atoms with E-state index in [4.69, 9.17) is 4.74 Å². The van der Waals surface area contributed by atoms with Crippen LogP contribution in [0, 0.1) is 0 Å². The van der Waals surface area contributed by atoms with Crippen molar-refractivity contribution in [1.29, 1.82) is 0 Å². The number of likely N-dealkylation sites (N-methyl/N-ethyl adjacent to an activating group) is 1. The summed E-state index contributed by atoms with van der Waals surface area (Å²) in [5.41, 5.74) is 2.35. The number of ether oxygens (including phenoxy) is 1. The minimum atomic E-state index is -0.0280. The number of carbonyl (C=O) groups is 1. The van der Waals surface area contributed by atoms with Crippen LogP contribution >= 0.6 is 24.0 Å². The van der Waals surface area contributed by atoms with Gasteiger partial charge in [-0.25, -0.2) is 4.99 Å². The molecule has 8 heteroatoms. The maximum absolute atomic E-state index is 12.1. The maximum atomic E-state index is 12.1. The van der Waals surface area contributed by atoms with E-state index < -0.39 is 0 Å². The number of halogens is 1. The number of amides is 1. The highest BCUT2D eigenvalue weighted by molar-refractivity contribution is 14.0. The molecular weight excluding hydrogens is 529 g/mol. The molecule has 1 unspecified atom stereocenters. The molecule has 0 saturated carbocycles. The Morgan fingerprint density at radius 2 is 1.85 bits per heavy atom. The second-order valence-corrected chi connectivity index (χ2v) is 8.02. The first kappa shape index (κ1) is 26.8. The van der Waals surface area contributed by atoms with E-state index in [1.54, 1.807) is 19.0 Å². The van der Waals surface area contributed by atoms with Crippen LogP contribution < -0.4 is 20.3 Å². The van der Waals surface area contributed by atoms with Gasteiger partial charge in [0, 0.05) is 51.4 Å². The third kappa shape index (κ3) is 8.10. The zero-order valence-electron chi connectivity index (χ0n) is 19.8. The summed E-state index contributed by atoms with van der Waals surface area (Å²) in [7, 11) is 3.49. The number of hydrogen-bond acceptors (Lipinski definition) is 4. The Kier molecular flexibility index (Phi) is 11.3. The van der Waals surface area contributed by atoms with Gasteiger partial charge >= 0.3 is 0 Å². The third-order valence-corrected chi connectivity index (χ3v) is 5.54. The van der Waals surface area contributed by atoms with Gasteiger partial charge in [0.25, 0.3) is 0 Å². The molecule has 2 aromatic rings. The maximum Gasteiger partial charge on any atom is 0.243 e. The Balaban J connectivity index is 0.00000385. The van der Waals surface area contributed by atoms with Gasteiger partial charge in [-0.15, -0.1) is 24.0 Å². The number of fused-ring (bicyclic) bond motifs is 1. The van der Waals surface area contributed by atoms with Gasteiger partial charge < -0.3 is 25.2 Å². The molecule has 2 N–H and O–H groups in total. The van der Waals surface area contributed by atoms with E-state index in [9.17, 15) is 4.79 Å². The van der Waals surface area contributed by atoms with E-state index >= 15 is 0 Å². The molecule has 1 heterocycles. The number of hydrogen-bond donors (Lipinski definition) is 2. The number of rotatable bonds is 9. The fraction of sp³-hybridized carbons (Fsp3) is 0.440. The molecule has 0 aliphatic carbocycles. The van der Waals surface area contributed by atoms with Crippen LogP contribution in [-0.2, 0) is 4.79 Å². The Hall–Kier alpha value is -2.49. The van der Waals surface area contributed by atoms with Crippen LogP contribution in [0.1, 0.15) is 31.4 Å². The molecule has 0 fully saturated rings. The topological polar surface area (TPSA) is 69.2 Å². The Labute approximate surface area is 214 Å². The van der Waals surface area contributed by atoms with E-state index in [2.05, 4.69) is 57.8 Å². The SMILES string of the molecule is CCN(CCCNC(=NCC(=O)N(C)C)NC1CCOc2ccccc21)c1ccccc1.I. The Bertz CT molecular complexity index is 891. The highest BCUT2D eigenvalue weighted by atomic mass is 127. The second kappa shape index (κ2) is 13.9. The van der Waals surface area contributed by atoms with Crippen molar-refractivity contribution in [2.24, 2.45) is 4.99 Å². The zero-order chi connectivity index (χ0) is 22.8. The summed E-state index contributed by atoms with van der Waals surface area (Å²) < 4.78 is 5.78. The Morgan fingerprint density at radius 1 is 1.12 bits per heavy atom. The number of aliphatic imine (C=N–C) groups is 1. The average Bonchev–Trinajstić information content (AvgIpc) is 2.82. The summed E-state index contributed by atoms with van der Waals surface area (Å²) in [5.74, 6) is 1.53. The van der Waals surface area contributed by atoms with Crippen molar-refractivity contribution in [3.63, 3.8) is 0 Å². The van der Waals surface area contributed by atoms with Gasteiger partial charge in [-0.1, -0.05) is 36.4 Å². The summed E-state index contributed by atoms with van der Waals surface area (Å²) in [6.07, 6.45) is 1.80. The number of para-hydroxylation sites is 2. The highest BCUT2D eigenvalue weighted by Crippen LogP contribution is 2.31. The quantitative estimate of drug-likeness (QED) is 0.210. The minimum absolute atomic E-state index is 0. The van der Waals surface area contributed by atoms with Crippen LogP contribution in [0.3, 0.4) is 0 Å². The van der Waals surface area contributed by atoms with Crippen LogP contribution in [0.5, 0.6) is 5.75 Å². The van der Waals surface area contributed by atoms with Crippen molar-refractivity contribution in [2.75, 3.05) is 51.8 Å². The number of benzene rings is 2. The monoisotopic (exact) mass is 565 g/mol. The van der Waals surface area contributed by atoms with Gasteiger partial charge in [0.05, 0.1) is 12.6 Å². The lowest BCUT2D eigenvalue weighted by Crippen LogP contribution is -2.42. The van der Waals surface area contributed by atoms with E-state index in [1.165, 1.54) is 5.69 Å². The highest BCUT2D eigenvalue weighted by Gasteiger charge is 2.22. The van der Waals surface area contributed by atoms with Crippen LogP contribution in [0.15, 0.2) is 59.6 Å². The molecule has 1 atom stereocenters. The van der Waals surface area contributed by atoms with Gasteiger partial charge in [-0.2, -0.15) is 0 Å². The molecule has 1 aliphatic rings. The predicted molar refractivity (Wildman–Crippen MR) is 146 cm³/mol. The lowest BCUT2D eigenvalue weighted by atomic mass is 10.0. The lowest BCUT2D eigenvalue weighted by Gasteiger charge is -2.28. The molecule has 0 aromatic heterocycles. The van der Waals surface area contributed by atoms with E-state index in [1.807, 2.05) is 24.3 Å². The van der Waals surface area contributed by atoms with E-state index in [-0.39, 0.29) is 42.5 Å². The lowest BCUT2D eigenvalue weighted by molar-refractivity contribution is -0.127. The fourth-order valence-electron chi connectivity index (χ4n) is 3.68. The van der Waals surface area contributed by atoms with Crippen LogP contribution in [0.2, 0.25) is 0 Å². The second-order valence-electron chi connectivity index (χ2n) is 8.02.